The van der Waals surface area contributed by atoms with Crippen LogP contribution in [0.25, 0.3) is 66.4 Å². The van der Waals surface area contributed by atoms with Gasteiger partial charge in [-0.3, -0.25) is 0 Å². The zero-order chi connectivity index (χ0) is 31.9. The number of rotatable bonds is 8. The van der Waals surface area contributed by atoms with Crippen molar-refractivity contribution in [1.82, 2.24) is 0 Å². The lowest BCUT2D eigenvalue weighted by molar-refractivity contribution is -0.0893. The summed E-state index contributed by atoms with van der Waals surface area (Å²) in [6, 6.07) is 48.6. The zero-order valence-corrected chi connectivity index (χ0v) is 26.6. The average molecular weight is 600 g/mol. The van der Waals surface area contributed by atoms with Crippen molar-refractivity contribution in [3.05, 3.63) is 140 Å². The maximum absolute atomic E-state index is 10.8. The van der Waals surface area contributed by atoms with Gasteiger partial charge < -0.3 is 14.2 Å². The molecule has 1 heterocycles. The first-order valence-corrected chi connectivity index (χ1v) is 15.7. The van der Waals surface area contributed by atoms with E-state index >= 15 is 0 Å². The summed E-state index contributed by atoms with van der Waals surface area (Å²) in [5, 5.41) is 12.8. The van der Waals surface area contributed by atoms with Gasteiger partial charge in [0, 0.05) is 21.9 Å². The molecule has 0 aliphatic heterocycles. The summed E-state index contributed by atoms with van der Waals surface area (Å²) in [6.07, 6.45) is 0. The summed E-state index contributed by atoms with van der Waals surface area (Å²) in [5.41, 5.74) is 9.40. The van der Waals surface area contributed by atoms with E-state index in [0.29, 0.717) is 0 Å². The quantitative estimate of drug-likeness (QED) is 0.177. The van der Waals surface area contributed by atoms with Crippen LogP contribution in [-0.4, -0.2) is 23.8 Å². The van der Waals surface area contributed by atoms with Crippen molar-refractivity contribution in [1.29, 1.82) is 0 Å². The van der Waals surface area contributed by atoms with Crippen molar-refractivity contribution in [2.45, 2.75) is 38.9 Å². The SMILES string of the molecule is CC(C)(O)C(C)(C)O[B]c1ccc(-c2ccc(-c3ccccc3)cc2)c2oc3c(-c4ccccc4)cc(-c4ccccc4)cc3c12. The topological polar surface area (TPSA) is 42.6 Å². The maximum atomic E-state index is 10.8. The van der Waals surface area contributed by atoms with Crippen molar-refractivity contribution < 1.29 is 14.2 Å². The predicted molar refractivity (Wildman–Crippen MR) is 192 cm³/mol. The van der Waals surface area contributed by atoms with Crippen molar-refractivity contribution in [2.24, 2.45) is 0 Å². The molecular weight excluding hydrogens is 563 g/mol. The van der Waals surface area contributed by atoms with E-state index in [9.17, 15) is 5.11 Å². The van der Waals surface area contributed by atoms with Gasteiger partial charge in [0.1, 0.15) is 11.2 Å². The average Bonchev–Trinajstić information content (AvgIpc) is 3.47. The van der Waals surface area contributed by atoms with Gasteiger partial charge in [0.2, 0.25) is 0 Å². The molecule has 1 N–H and O–H groups in total. The molecule has 0 aliphatic carbocycles. The molecule has 0 atom stereocenters. The second kappa shape index (κ2) is 11.8. The summed E-state index contributed by atoms with van der Waals surface area (Å²) < 4.78 is 13.3. The molecule has 1 aromatic heterocycles. The Kier molecular flexibility index (Phi) is 7.64. The van der Waals surface area contributed by atoms with Crippen LogP contribution in [0.5, 0.6) is 0 Å². The first-order valence-electron chi connectivity index (χ1n) is 15.7. The number of hydrogen-bond acceptors (Lipinski definition) is 3. The van der Waals surface area contributed by atoms with Crippen LogP contribution in [0.1, 0.15) is 27.7 Å². The molecule has 0 aliphatic rings. The highest BCUT2D eigenvalue weighted by Gasteiger charge is 2.36. The molecule has 0 unspecified atom stereocenters. The van der Waals surface area contributed by atoms with E-state index in [2.05, 4.69) is 121 Å². The van der Waals surface area contributed by atoms with Gasteiger partial charge in [0.05, 0.1) is 11.2 Å². The Morgan fingerprint density at radius 3 is 1.61 bits per heavy atom. The van der Waals surface area contributed by atoms with E-state index in [4.69, 9.17) is 9.07 Å². The van der Waals surface area contributed by atoms with Gasteiger partial charge in [-0.1, -0.05) is 127 Å². The Labute approximate surface area is 271 Å². The van der Waals surface area contributed by atoms with Gasteiger partial charge in [-0.25, -0.2) is 0 Å². The van der Waals surface area contributed by atoms with Gasteiger partial charge in [-0.05, 0) is 78.7 Å². The molecule has 0 fully saturated rings. The fourth-order valence-corrected chi connectivity index (χ4v) is 5.79. The number of benzene rings is 6. The highest BCUT2D eigenvalue weighted by Crippen LogP contribution is 2.42. The van der Waals surface area contributed by atoms with Crippen LogP contribution in [0.3, 0.4) is 0 Å². The third-order valence-electron chi connectivity index (χ3n) is 9.20. The lowest BCUT2D eigenvalue weighted by Crippen LogP contribution is -2.49. The Morgan fingerprint density at radius 2 is 1.02 bits per heavy atom. The third-order valence-corrected chi connectivity index (χ3v) is 9.20. The van der Waals surface area contributed by atoms with Gasteiger partial charge in [-0.2, -0.15) is 0 Å². The van der Waals surface area contributed by atoms with Crippen LogP contribution in [-0.2, 0) is 4.65 Å². The lowest BCUT2D eigenvalue weighted by atomic mass is 9.79. The third kappa shape index (κ3) is 5.55. The van der Waals surface area contributed by atoms with Crippen LogP contribution in [0.15, 0.2) is 144 Å². The molecule has 7 rings (SSSR count). The summed E-state index contributed by atoms with van der Waals surface area (Å²) >= 11 is 0. The second-order valence-electron chi connectivity index (χ2n) is 12.9. The van der Waals surface area contributed by atoms with Gasteiger partial charge in [0.25, 0.3) is 0 Å². The van der Waals surface area contributed by atoms with E-state index in [1.165, 1.54) is 5.56 Å². The molecule has 3 nitrogen and oxygen atoms in total. The highest BCUT2D eigenvalue weighted by molar-refractivity contribution is 6.53. The molecule has 0 bridgehead atoms. The van der Waals surface area contributed by atoms with Crippen molar-refractivity contribution >= 4 is 34.9 Å². The van der Waals surface area contributed by atoms with Crippen molar-refractivity contribution in [3.8, 4) is 44.5 Å². The molecule has 0 spiro atoms. The fourth-order valence-electron chi connectivity index (χ4n) is 5.79. The monoisotopic (exact) mass is 599 g/mol. The predicted octanol–water partition coefficient (Wildman–Crippen LogP) is 10.1. The minimum atomic E-state index is -1.05. The highest BCUT2D eigenvalue weighted by atomic mass is 16.5. The van der Waals surface area contributed by atoms with Gasteiger partial charge in [0.15, 0.2) is 0 Å². The first kappa shape index (κ1) is 29.8. The molecule has 0 amide bonds. The van der Waals surface area contributed by atoms with Gasteiger partial charge >= 0.3 is 7.48 Å². The number of fused-ring (bicyclic) bond motifs is 3. The van der Waals surface area contributed by atoms with E-state index < -0.39 is 11.2 Å². The molecule has 0 saturated carbocycles. The van der Waals surface area contributed by atoms with Crippen LogP contribution < -0.4 is 5.46 Å². The van der Waals surface area contributed by atoms with E-state index in [1.807, 2.05) is 32.0 Å². The molecule has 0 saturated heterocycles. The Hall–Kier alpha value is -4.90. The maximum Gasteiger partial charge on any atom is 0.331 e. The van der Waals surface area contributed by atoms with Crippen molar-refractivity contribution in [2.75, 3.05) is 0 Å². The molecule has 46 heavy (non-hydrogen) atoms. The molecular formula is C42H36BO3. The largest absolute Gasteiger partial charge is 0.455 e. The molecule has 4 heteroatoms. The lowest BCUT2D eigenvalue weighted by Gasteiger charge is -2.37. The zero-order valence-electron chi connectivity index (χ0n) is 26.6. The molecule has 7 aromatic rings. The van der Waals surface area contributed by atoms with Crippen LogP contribution in [0.2, 0.25) is 0 Å². The summed E-state index contributed by atoms with van der Waals surface area (Å²) in [4.78, 5) is 0. The molecule has 1 radical (unpaired) electrons. The Morgan fingerprint density at radius 1 is 0.522 bits per heavy atom. The van der Waals surface area contributed by atoms with Crippen molar-refractivity contribution in [3.63, 3.8) is 0 Å². The second-order valence-corrected chi connectivity index (χ2v) is 12.9. The number of hydrogen-bond donors (Lipinski definition) is 1. The summed E-state index contributed by atoms with van der Waals surface area (Å²) in [6.45, 7) is 7.34. The first-order chi connectivity index (χ1) is 22.2. The normalized spacial score (nSPS) is 12.1. The van der Waals surface area contributed by atoms with Crippen LogP contribution in [0.4, 0.5) is 0 Å². The van der Waals surface area contributed by atoms with Gasteiger partial charge in [-0.15, -0.1) is 0 Å². The van der Waals surface area contributed by atoms with E-state index in [0.717, 1.165) is 66.3 Å². The standard InChI is InChI=1S/C42H36BO3/c1-41(2,44)42(3,4)46-43-37-25-24-34(32-22-20-30(21-23-32)28-14-8-5-9-15-28)40-38(37)36-27-33(29-16-10-6-11-17-29)26-35(39(36)45-40)31-18-12-7-13-19-31/h5-27,44H,1-4H3. The Balaban J connectivity index is 1.47. The summed E-state index contributed by atoms with van der Waals surface area (Å²) in [7, 11) is 1.77. The molecule has 225 valence electrons. The number of aliphatic hydroxyl groups is 1. The smallest absolute Gasteiger partial charge is 0.331 e. The molecule has 6 aromatic carbocycles. The van der Waals surface area contributed by atoms with Crippen LogP contribution in [0, 0.1) is 0 Å². The minimum Gasteiger partial charge on any atom is -0.455 e. The van der Waals surface area contributed by atoms with Crippen LogP contribution >= 0.6 is 0 Å². The Bertz CT molecular complexity index is 2120. The van der Waals surface area contributed by atoms with E-state index in [-0.39, 0.29) is 0 Å². The minimum absolute atomic E-state index is 0.795. The van der Waals surface area contributed by atoms with E-state index in [1.54, 1.807) is 21.3 Å². The number of furan rings is 1. The fraction of sp³-hybridized carbons (Fsp3) is 0.143. The summed E-state index contributed by atoms with van der Waals surface area (Å²) in [5.74, 6) is 0.